The van der Waals surface area contributed by atoms with E-state index in [2.05, 4.69) is 67.7 Å². The second-order valence-electron chi connectivity index (χ2n) is 12.0. The molecule has 3 N–H and O–H groups in total. The predicted octanol–water partition coefficient (Wildman–Crippen LogP) is 4.36. The number of hydrogen-bond donors (Lipinski definition) is 3. The Bertz CT molecular complexity index is 756. The number of benzene rings is 1. The molecule has 6 nitrogen and oxygen atoms in total. The summed E-state index contributed by atoms with van der Waals surface area (Å²) < 4.78 is 19.3. The summed E-state index contributed by atoms with van der Waals surface area (Å²) in [6.07, 6.45) is -3.97. The Balaban J connectivity index is 2.56. The fourth-order valence-electron chi connectivity index (χ4n) is 3.35. The Morgan fingerprint density at radius 3 is 1.81 bits per heavy atom. The van der Waals surface area contributed by atoms with Crippen molar-refractivity contribution >= 4 is 16.6 Å². The summed E-state index contributed by atoms with van der Waals surface area (Å²) in [6, 6.07) is 8.95. The molecule has 0 saturated carbocycles. The lowest BCUT2D eigenvalue weighted by atomic mass is 9.88. The van der Waals surface area contributed by atoms with E-state index in [0.29, 0.717) is 5.56 Å². The summed E-state index contributed by atoms with van der Waals surface area (Å²) >= 11 is 0. The van der Waals surface area contributed by atoms with Gasteiger partial charge < -0.3 is 28.9 Å². The topological polar surface area (TPSA) is 88.4 Å². The van der Waals surface area contributed by atoms with Crippen LogP contribution < -0.4 is 0 Å². The molecule has 0 unspecified atom stereocenters. The number of hydrogen-bond acceptors (Lipinski definition) is 6. The lowest BCUT2D eigenvalue weighted by Gasteiger charge is -2.54. The van der Waals surface area contributed by atoms with Crippen molar-refractivity contribution in [1.29, 1.82) is 0 Å². The van der Waals surface area contributed by atoms with Crippen LogP contribution in [-0.2, 0) is 19.4 Å². The summed E-state index contributed by atoms with van der Waals surface area (Å²) in [7, 11) is -4.74. The van der Waals surface area contributed by atoms with Crippen molar-refractivity contribution in [2.75, 3.05) is 6.61 Å². The molecule has 1 aliphatic heterocycles. The van der Waals surface area contributed by atoms with E-state index in [-0.39, 0.29) is 10.1 Å². The molecule has 5 atom stereocenters. The molecule has 2 rings (SSSR count). The van der Waals surface area contributed by atoms with Gasteiger partial charge >= 0.3 is 0 Å². The first kappa shape index (κ1) is 27.7. The third-order valence-corrected chi connectivity index (χ3v) is 16.5. The number of aliphatic hydroxyl groups is 3. The smallest absolute Gasteiger partial charge is 0.221 e. The van der Waals surface area contributed by atoms with Gasteiger partial charge in [-0.05, 0) is 36.3 Å². The largest absolute Gasteiger partial charge is 0.408 e. The molecule has 0 radical (unpaired) electrons. The molecule has 0 aromatic heterocycles. The first-order valence-electron chi connectivity index (χ1n) is 11.5. The second kappa shape index (κ2) is 9.22. The van der Waals surface area contributed by atoms with Crippen molar-refractivity contribution in [3.05, 3.63) is 35.9 Å². The zero-order chi connectivity index (χ0) is 24.8. The summed E-state index contributed by atoms with van der Waals surface area (Å²) in [5.74, 6) is -1.92. The molecule has 1 aromatic rings. The van der Waals surface area contributed by atoms with Gasteiger partial charge in [-0.25, -0.2) is 0 Å². The highest BCUT2D eigenvalue weighted by molar-refractivity contribution is 6.74. The lowest BCUT2D eigenvalue weighted by molar-refractivity contribution is -0.352. The van der Waals surface area contributed by atoms with Crippen LogP contribution in [0.1, 0.15) is 47.1 Å². The van der Waals surface area contributed by atoms with Crippen LogP contribution in [0.15, 0.2) is 30.3 Å². The van der Waals surface area contributed by atoms with E-state index in [0.717, 1.165) is 0 Å². The average Bonchev–Trinajstić information content (AvgIpc) is 2.66. The van der Waals surface area contributed by atoms with E-state index in [1.54, 1.807) is 24.3 Å². The van der Waals surface area contributed by atoms with Crippen LogP contribution >= 0.6 is 0 Å². The fourth-order valence-corrected chi connectivity index (χ4v) is 5.96. The van der Waals surface area contributed by atoms with Crippen LogP contribution in [0.2, 0.25) is 36.3 Å². The predicted molar refractivity (Wildman–Crippen MR) is 132 cm³/mol. The Hall–Kier alpha value is -0.586. The Morgan fingerprint density at radius 1 is 0.906 bits per heavy atom. The summed E-state index contributed by atoms with van der Waals surface area (Å²) in [6.45, 7) is 20.6. The van der Waals surface area contributed by atoms with Gasteiger partial charge in [0.15, 0.2) is 16.6 Å². The second-order valence-corrected chi connectivity index (χ2v) is 21.5. The molecular weight excluding hydrogens is 440 g/mol. The highest BCUT2D eigenvalue weighted by atomic mass is 28.4. The van der Waals surface area contributed by atoms with Gasteiger partial charge in [0.25, 0.3) is 0 Å². The van der Waals surface area contributed by atoms with E-state index in [4.69, 9.17) is 13.6 Å². The quantitative estimate of drug-likeness (QED) is 0.520. The van der Waals surface area contributed by atoms with Crippen LogP contribution in [0.25, 0.3) is 0 Å². The van der Waals surface area contributed by atoms with E-state index >= 15 is 0 Å². The molecule has 184 valence electrons. The van der Waals surface area contributed by atoms with Gasteiger partial charge in [-0.2, -0.15) is 0 Å². The first-order chi connectivity index (χ1) is 14.4. The molecule has 0 aliphatic carbocycles. The molecule has 0 bridgehead atoms. The first-order valence-corrected chi connectivity index (χ1v) is 17.3. The standard InChI is InChI=1S/C24H44O6Si2/c1-22(2,3)31(7,8)29-20-18(16-25)28-24(27,17-14-12-11-13-15-17)21(19(20)26)30-32(9,10)23(4,5)6/h11-15,18-21,25-27H,16H2,1-10H3/t18-,19+,20-,21-,24-/m1/s1. The Kier molecular flexibility index (Phi) is 7.97. The summed E-state index contributed by atoms with van der Waals surface area (Å²) in [5.41, 5.74) is 0.479. The molecule has 1 aromatic carbocycles. The average molecular weight is 485 g/mol. The normalized spacial score (nSPS) is 30.4. The van der Waals surface area contributed by atoms with Gasteiger partial charge in [-0.3, -0.25) is 0 Å². The van der Waals surface area contributed by atoms with Crippen LogP contribution in [0, 0.1) is 0 Å². The highest BCUT2D eigenvalue weighted by Gasteiger charge is 2.59. The van der Waals surface area contributed by atoms with Crippen molar-refractivity contribution < 1.29 is 28.9 Å². The third kappa shape index (κ3) is 5.38. The van der Waals surface area contributed by atoms with Crippen LogP contribution in [0.3, 0.4) is 0 Å². The van der Waals surface area contributed by atoms with Gasteiger partial charge in [0.05, 0.1) is 6.61 Å². The van der Waals surface area contributed by atoms with Gasteiger partial charge in [0, 0.05) is 5.56 Å². The zero-order valence-electron chi connectivity index (χ0n) is 21.5. The van der Waals surface area contributed by atoms with Crippen molar-refractivity contribution in [3.63, 3.8) is 0 Å². The number of aliphatic hydroxyl groups excluding tert-OH is 2. The third-order valence-electron chi connectivity index (χ3n) is 7.56. The summed E-state index contributed by atoms with van der Waals surface area (Å²) in [4.78, 5) is 0. The lowest BCUT2D eigenvalue weighted by Crippen LogP contribution is -2.68. The molecule has 1 saturated heterocycles. The highest BCUT2D eigenvalue weighted by Crippen LogP contribution is 2.46. The van der Waals surface area contributed by atoms with Gasteiger partial charge in [0.2, 0.25) is 5.79 Å². The minimum absolute atomic E-state index is 0.101. The van der Waals surface area contributed by atoms with E-state index in [1.165, 1.54) is 0 Å². The van der Waals surface area contributed by atoms with Crippen LogP contribution in [0.5, 0.6) is 0 Å². The molecule has 0 spiro atoms. The van der Waals surface area contributed by atoms with Crippen LogP contribution in [-0.4, -0.2) is 63.0 Å². The number of ether oxygens (including phenoxy) is 1. The van der Waals surface area contributed by atoms with Crippen LogP contribution in [0.4, 0.5) is 0 Å². The van der Waals surface area contributed by atoms with E-state index in [9.17, 15) is 15.3 Å². The van der Waals surface area contributed by atoms with Crippen molar-refractivity contribution in [2.45, 2.75) is 108 Å². The van der Waals surface area contributed by atoms with Gasteiger partial charge in [0.1, 0.15) is 24.4 Å². The maximum atomic E-state index is 11.8. The minimum atomic E-state index is -2.42. The van der Waals surface area contributed by atoms with Gasteiger partial charge in [-0.15, -0.1) is 0 Å². The van der Waals surface area contributed by atoms with Crippen molar-refractivity contribution in [3.8, 4) is 0 Å². The van der Waals surface area contributed by atoms with Gasteiger partial charge in [-0.1, -0.05) is 71.9 Å². The monoisotopic (exact) mass is 484 g/mol. The molecule has 1 heterocycles. The number of rotatable bonds is 6. The molecule has 32 heavy (non-hydrogen) atoms. The molecule has 1 aliphatic rings. The van der Waals surface area contributed by atoms with Crippen molar-refractivity contribution in [2.24, 2.45) is 0 Å². The SMILES string of the molecule is CC(C)(C)[Si](C)(C)O[C@H]1[C@H](O)[C@@H](O[Si](C)(C)C(C)(C)C)[C@@](O)(c2ccccc2)O[C@@H]1CO. The fraction of sp³-hybridized carbons (Fsp3) is 0.750. The minimum Gasteiger partial charge on any atom is -0.408 e. The summed E-state index contributed by atoms with van der Waals surface area (Å²) in [5, 5.41) is 33.4. The zero-order valence-corrected chi connectivity index (χ0v) is 23.5. The molecular formula is C24H44O6Si2. The maximum absolute atomic E-state index is 11.8. The molecule has 8 heteroatoms. The van der Waals surface area contributed by atoms with E-state index in [1.807, 2.05) is 6.07 Å². The Morgan fingerprint density at radius 2 is 1.38 bits per heavy atom. The maximum Gasteiger partial charge on any atom is 0.221 e. The molecule has 1 fully saturated rings. The molecule has 0 amide bonds. The van der Waals surface area contributed by atoms with E-state index < -0.39 is 53.4 Å². The van der Waals surface area contributed by atoms with Crippen molar-refractivity contribution in [1.82, 2.24) is 0 Å². The Labute approximate surface area is 196 Å².